The first-order valence-corrected chi connectivity index (χ1v) is 6.53. The van der Waals surface area contributed by atoms with Crippen LogP contribution in [-0.2, 0) is 9.53 Å². The van der Waals surface area contributed by atoms with Crippen LogP contribution in [-0.4, -0.2) is 17.3 Å². The van der Waals surface area contributed by atoms with Gasteiger partial charge in [-0.1, -0.05) is 11.6 Å². The molecule has 0 aliphatic heterocycles. The SMILES string of the molecule is CCOC(=O)CC(Cl)Sc1ccc(Cl)cc1. The van der Waals surface area contributed by atoms with Crippen LogP contribution in [0.15, 0.2) is 29.2 Å². The summed E-state index contributed by atoms with van der Waals surface area (Å²) in [4.78, 5) is 12.1. The highest BCUT2D eigenvalue weighted by molar-refractivity contribution is 8.01. The maximum atomic E-state index is 11.2. The van der Waals surface area contributed by atoms with Crippen LogP contribution in [0.3, 0.4) is 0 Å². The molecule has 0 aliphatic rings. The maximum Gasteiger partial charge on any atom is 0.308 e. The number of carbonyl (C=O) groups excluding carboxylic acids is 1. The zero-order valence-corrected chi connectivity index (χ0v) is 11.1. The number of esters is 1. The van der Waals surface area contributed by atoms with Gasteiger partial charge in [-0.15, -0.1) is 23.4 Å². The van der Waals surface area contributed by atoms with E-state index in [-0.39, 0.29) is 17.1 Å². The fraction of sp³-hybridized carbons (Fsp3) is 0.364. The fourth-order valence-electron chi connectivity index (χ4n) is 1.05. The molecule has 0 fully saturated rings. The van der Waals surface area contributed by atoms with Crippen molar-refractivity contribution in [2.24, 2.45) is 0 Å². The van der Waals surface area contributed by atoms with Gasteiger partial charge in [-0.05, 0) is 31.2 Å². The first-order valence-electron chi connectivity index (χ1n) is 4.83. The molecular weight excluding hydrogens is 267 g/mol. The van der Waals surface area contributed by atoms with E-state index in [9.17, 15) is 4.79 Å². The first kappa shape index (κ1) is 13.7. The molecule has 1 aromatic rings. The molecule has 0 heterocycles. The van der Waals surface area contributed by atoms with Crippen LogP contribution in [0.5, 0.6) is 0 Å². The number of carbonyl (C=O) groups is 1. The van der Waals surface area contributed by atoms with Crippen molar-refractivity contribution in [3.8, 4) is 0 Å². The van der Waals surface area contributed by atoms with E-state index in [1.165, 1.54) is 11.8 Å². The van der Waals surface area contributed by atoms with Crippen molar-refractivity contribution in [2.75, 3.05) is 6.61 Å². The molecule has 0 radical (unpaired) electrons. The van der Waals surface area contributed by atoms with Crippen LogP contribution in [0.1, 0.15) is 13.3 Å². The van der Waals surface area contributed by atoms with Crippen molar-refractivity contribution in [1.29, 1.82) is 0 Å². The summed E-state index contributed by atoms with van der Waals surface area (Å²) in [6, 6.07) is 7.32. The molecular formula is C11H12Cl2O2S. The van der Waals surface area contributed by atoms with Gasteiger partial charge in [0, 0.05) is 9.92 Å². The number of thioether (sulfide) groups is 1. The highest BCUT2D eigenvalue weighted by Crippen LogP contribution is 2.29. The summed E-state index contributed by atoms with van der Waals surface area (Å²) in [5, 5.41) is 0.681. The quantitative estimate of drug-likeness (QED) is 0.464. The summed E-state index contributed by atoms with van der Waals surface area (Å²) in [7, 11) is 0. The molecule has 1 unspecified atom stereocenters. The lowest BCUT2D eigenvalue weighted by Gasteiger charge is -2.08. The molecule has 0 aliphatic carbocycles. The zero-order valence-electron chi connectivity index (χ0n) is 8.78. The number of ether oxygens (including phenoxy) is 1. The van der Waals surface area contributed by atoms with Crippen LogP contribution in [0, 0.1) is 0 Å². The van der Waals surface area contributed by atoms with E-state index in [0.717, 1.165) is 4.90 Å². The second-order valence-electron chi connectivity index (χ2n) is 2.99. The molecule has 0 saturated heterocycles. The van der Waals surface area contributed by atoms with Gasteiger partial charge in [0.1, 0.15) is 0 Å². The van der Waals surface area contributed by atoms with E-state index in [0.29, 0.717) is 11.6 Å². The van der Waals surface area contributed by atoms with Crippen molar-refractivity contribution in [3.63, 3.8) is 0 Å². The third-order valence-corrected chi connectivity index (χ3v) is 3.35. The van der Waals surface area contributed by atoms with E-state index in [1.807, 2.05) is 12.1 Å². The van der Waals surface area contributed by atoms with Crippen molar-refractivity contribution >= 4 is 40.9 Å². The van der Waals surface area contributed by atoms with E-state index in [2.05, 4.69) is 0 Å². The van der Waals surface area contributed by atoms with Gasteiger partial charge in [-0.25, -0.2) is 0 Å². The Hall–Kier alpha value is -0.380. The Kier molecular flexibility index (Phi) is 6.03. The van der Waals surface area contributed by atoms with Gasteiger partial charge in [0.05, 0.1) is 17.7 Å². The van der Waals surface area contributed by atoms with Crippen LogP contribution < -0.4 is 0 Å². The fourth-order valence-corrected chi connectivity index (χ4v) is 2.42. The van der Waals surface area contributed by atoms with Crippen LogP contribution in [0.2, 0.25) is 5.02 Å². The number of alkyl halides is 1. The van der Waals surface area contributed by atoms with E-state index >= 15 is 0 Å². The van der Waals surface area contributed by atoms with Crippen molar-refractivity contribution in [2.45, 2.75) is 22.9 Å². The summed E-state index contributed by atoms with van der Waals surface area (Å²) in [6.07, 6.45) is 0.197. The number of benzene rings is 1. The molecule has 16 heavy (non-hydrogen) atoms. The molecule has 2 nitrogen and oxygen atoms in total. The largest absolute Gasteiger partial charge is 0.466 e. The maximum absolute atomic E-state index is 11.2. The van der Waals surface area contributed by atoms with Gasteiger partial charge in [0.25, 0.3) is 0 Å². The normalized spacial score (nSPS) is 12.2. The molecule has 0 N–H and O–H groups in total. The topological polar surface area (TPSA) is 26.3 Å². The minimum Gasteiger partial charge on any atom is -0.466 e. The molecule has 1 rings (SSSR count). The lowest BCUT2D eigenvalue weighted by atomic mass is 10.4. The molecule has 1 atom stereocenters. The number of hydrogen-bond donors (Lipinski definition) is 0. The standard InChI is InChI=1S/C11H12Cl2O2S/c1-2-15-11(14)7-10(13)16-9-5-3-8(12)4-6-9/h3-6,10H,2,7H2,1H3. The average molecular weight is 279 g/mol. The predicted molar refractivity (Wildman–Crippen MR) is 68.2 cm³/mol. The summed E-state index contributed by atoms with van der Waals surface area (Å²) in [5.74, 6) is -0.274. The lowest BCUT2D eigenvalue weighted by molar-refractivity contribution is -0.142. The Morgan fingerprint density at radius 2 is 2.06 bits per heavy atom. The van der Waals surface area contributed by atoms with Gasteiger partial charge < -0.3 is 4.74 Å². The zero-order chi connectivity index (χ0) is 12.0. The summed E-state index contributed by atoms with van der Waals surface area (Å²) in [5.41, 5.74) is 0. The Morgan fingerprint density at radius 3 is 2.62 bits per heavy atom. The highest BCUT2D eigenvalue weighted by Gasteiger charge is 2.13. The molecule has 0 bridgehead atoms. The van der Waals surface area contributed by atoms with Crippen molar-refractivity contribution in [3.05, 3.63) is 29.3 Å². The smallest absolute Gasteiger partial charge is 0.308 e. The minimum absolute atomic E-state index is 0.197. The average Bonchev–Trinajstić information content (AvgIpc) is 2.21. The van der Waals surface area contributed by atoms with Crippen LogP contribution >= 0.6 is 35.0 Å². The van der Waals surface area contributed by atoms with Crippen LogP contribution in [0.25, 0.3) is 0 Å². The molecule has 0 aromatic heterocycles. The Balaban J connectivity index is 2.42. The second kappa shape index (κ2) is 7.05. The molecule has 1 aromatic carbocycles. The monoisotopic (exact) mass is 278 g/mol. The Labute approximate surface area is 109 Å². The minimum atomic E-state index is -0.319. The van der Waals surface area contributed by atoms with E-state index in [1.54, 1.807) is 19.1 Å². The summed E-state index contributed by atoms with van der Waals surface area (Å²) >= 11 is 13.2. The molecule has 0 saturated carbocycles. The van der Waals surface area contributed by atoms with Crippen molar-refractivity contribution < 1.29 is 9.53 Å². The molecule has 5 heteroatoms. The van der Waals surface area contributed by atoms with Crippen LogP contribution in [0.4, 0.5) is 0 Å². The third kappa shape index (κ3) is 5.10. The first-order chi connectivity index (χ1) is 7.61. The van der Waals surface area contributed by atoms with E-state index < -0.39 is 0 Å². The third-order valence-electron chi connectivity index (χ3n) is 1.71. The van der Waals surface area contributed by atoms with Gasteiger partial charge in [-0.2, -0.15) is 0 Å². The Bertz CT molecular complexity index is 340. The van der Waals surface area contributed by atoms with Gasteiger partial charge >= 0.3 is 5.97 Å². The second-order valence-corrected chi connectivity index (χ2v) is 5.49. The van der Waals surface area contributed by atoms with Gasteiger partial charge in [0.15, 0.2) is 0 Å². The molecule has 88 valence electrons. The molecule has 0 amide bonds. The summed E-state index contributed by atoms with van der Waals surface area (Å²) in [6.45, 7) is 2.15. The number of halogens is 2. The molecule has 0 spiro atoms. The van der Waals surface area contributed by atoms with Crippen molar-refractivity contribution in [1.82, 2.24) is 0 Å². The Morgan fingerprint density at radius 1 is 1.44 bits per heavy atom. The summed E-state index contributed by atoms with van der Waals surface area (Å²) < 4.78 is 4.49. The predicted octanol–water partition coefficient (Wildman–Crippen LogP) is 3.95. The van der Waals surface area contributed by atoms with E-state index in [4.69, 9.17) is 27.9 Å². The number of rotatable bonds is 5. The lowest BCUT2D eigenvalue weighted by Crippen LogP contribution is -2.08. The van der Waals surface area contributed by atoms with Gasteiger partial charge in [-0.3, -0.25) is 4.79 Å². The van der Waals surface area contributed by atoms with Gasteiger partial charge in [0.2, 0.25) is 0 Å². The number of hydrogen-bond acceptors (Lipinski definition) is 3. The highest BCUT2D eigenvalue weighted by atomic mass is 35.5.